The maximum atomic E-state index is 12.4. The van der Waals surface area contributed by atoms with Crippen molar-refractivity contribution in [1.29, 1.82) is 0 Å². The highest BCUT2D eigenvalue weighted by atomic mass is 16.4. The number of carbonyl (C=O) groups excluding carboxylic acids is 2. The third kappa shape index (κ3) is 4.21. The summed E-state index contributed by atoms with van der Waals surface area (Å²) in [6.07, 6.45) is 4.95. The fourth-order valence-corrected chi connectivity index (χ4v) is 3.64. The van der Waals surface area contributed by atoms with Crippen LogP contribution in [0.4, 0.5) is 0 Å². The first-order valence-electron chi connectivity index (χ1n) is 9.28. The first kappa shape index (κ1) is 17.9. The molecule has 1 saturated heterocycles. The van der Waals surface area contributed by atoms with Crippen molar-refractivity contribution in [3.05, 3.63) is 17.3 Å². The molecule has 25 heavy (non-hydrogen) atoms. The van der Waals surface area contributed by atoms with E-state index in [0.29, 0.717) is 35.7 Å². The van der Waals surface area contributed by atoms with E-state index in [4.69, 9.17) is 10.2 Å². The molecule has 1 aliphatic heterocycles. The van der Waals surface area contributed by atoms with Gasteiger partial charge in [0, 0.05) is 19.0 Å². The molecular weight excluding hydrogens is 320 g/mol. The second kappa shape index (κ2) is 7.56. The summed E-state index contributed by atoms with van der Waals surface area (Å²) < 4.78 is 5.65. The van der Waals surface area contributed by atoms with Gasteiger partial charge in [0.15, 0.2) is 5.89 Å². The van der Waals surface area contributed by atoms with Crippen molar-refractivity contribution in [3.8, 4) is 0 Å². The number of aryl methyl sites for hydroxylation is 1. The summed E-state index contributed by atoms with van der Waals surface area (Å²) in [5, 5.41) is 2.97. The van der Waals surface area contributed by atoms with E-state index in [1.165, 1.54) is 0 Å². The van der Waals surface area contributed by atoms with Crippen molar-refractivity contribution in [2.75, 3.05) is 19.6 Å². The molecule has 0 aromatic carbocycles. The van der Waals surface area contributed by atoms with Gasteiger partial charge in [-0.1, -0.05) is 6.92 Å². The van der Waals surface area contributed by atoms with Gasteiger partial charge in [-0.25, -0.2) is 4.98 Å². The van der Waals surface area contributed by atoms with Gasteiger partial charge in [0.05, 0.1) is 11.7 Å². The number of hydrogen-bond acceptors (Lipinski definition) is 5. The number of nitrogens with two attached hydrogens (primary N) is 1. The number of primary amides is 1. The van der Waals surface area contributed by atoms with Crippen molar-refractivity contribution in [2.24, 2.45) is 11.7 Å². The minimum atomic E-state index is -0.267. The number of hydrogen-bond donors (Lipinski definition) is 2. The average Bonchev–Trinajstić information content (AvgIpc) is 3.36. The van der Waals surface area contributed by atoms with E-state index in [-0.39, 0.29) is 17.9 Å². The maximum absolute atomic E-state index is 12.4. The monoisotopic (exact) mass is 348 g/mol. The molecule has 2 heterocycles. The first-order valence-corrected chi connectivity index (χ1v) is 9.28. The number of amides is 2. The first-order chi connectivity index (χ1) is 12.0. The lowest BCUT2D eigenvalue weighted by Gasteiger charge is -2.36. The molecule has 1 aliphatic carbocycles. The molecule has 2 aliphatic rings. The van der Waals surface area contributed by atoms with Crippen molar-refractivity contribution < 1.29 is 14.0 Å². The van der Waals surface area contributed by atoms with E-state index in [0.717, 1.165) is 45.2 Å². The van der Waals surface area contributed by atoms with Crippen LogP contribution in [-0.2, 0) is 4.79 Å². The third-order valence-corrected chi connectivity index (χ3v) is 5.20. The number of piperidine rings is 1. The molecular formula is C18H28N4O3. The Morgan fingerprint density at radius 1 is 1.40 bits per heavy atom. The van der Waals surface area contributed by atoms with Gasteiger partial charge < -0.3 is 15.5 Å². The van der Waals surface area contributed by atoms with Gasteiger partial charge in [-0.15, -0.1) is 0 Å². The standard InChI is InChI=1S/C18H28N4O3/c1-3-14(16(19)23)22-8-4-5-12(10-22)9-20-17(24)15-11(2)21-18(25-15)13-6-7-13/h12-14H,3-10H2,1-2H3,(H2,19,23)(H,20,24). The van der Waals surface area contributed by atoms with Crippen LogP contribution < -0.4 is 11.1 Å². The number of nitrogens with zero attached hydrogens (tertiary/aromatic N) is 2. The van der Waals surface area contributed by atoms with E-state index in [1.807, 2.05) is 13.8 Å². The molecule has 7 heteroatoms. The van der Waals surface area contributed by atoms with Crippen molar-refractivity contribution >= 4 is 11.8 Å². The summed E-state index contributed by atoms with van der Waals surface area (Å²) >= 11 is 0. The van der Waals surface area contributed by atoms with Gasteiger partial charge in [-0.2, -0.15) is 0 Å². The fourth-order valence-electron chi connectivity index (χ4n) is 3.64. The Morgan fingerprint density at radius 2 is 2.16 bits per heavy atom. The fraction of sp³-hybridized carbons (Fsp3) is 0.722. The smallest absolute Gasteiger partial charge is 0.289 e. The van der Waals surface area contributed by atoms with Crippen LogP contribution in [0.15, 0.2) is 4.42 Å². The molecule has 2 unspecified atom stereocenters. The van der Waals surface area contributed by atoms with Gasteiger partial charge >= 0.3 is 0 Å². The lowest BCUT2D eigenvalue weighted by molar-refractivity contribution is -0.124. The number of rotatable bonds is 7. The minimum absolute atomic E-state index is 0.198. The zero-order chi connectivity index (χ0) is 18.0. The van der Waals surface area contributed by atoms with Gasteiger partial charge in [0.2, 0.25) is 11.7 Å². The second-order valence-electron chi connectivity index (χ2n) is 7.28. The lowest BCUT2D eigenvalue weighted by atomic mass is 9.96. The largest absolute Gasteiger partial charge is 0.435 e. The van der Waals surface area contributed by atoms with Gasteiger partial charge in [0.1, 0.15) is 0 Å². The van der Waals surface area contributed by atoms with Crippen molar-refractivity contribution in [3.63, 3.8) is 0 Å². The summed E-state index contributed by atoms with van der Waals surface area (Å²) in [4.78, 5) is 30.5. The Balaban J connectivity index is 1.54. The number of aromatic nitrogens is 1. The van der Waals surface area contributed by atoms with Gasteiger partial charge in [-0.05, 0) is 51.5 Å². The number of nitrogens with one attached hydrogen (secondary N) is 1. The summed E-state index contributed by atoms with van der Waals surface area (Å²) in [5.41, 5.74) is 6.16. The van der Waals surface area contributed by atoms with Crippen LogP contribution in [0.5, 0.6) is 0 Å². The highest BCUT2D eigenvalue weighted by Crippen LogP contribution is 2.40. The Bertz CT molecular complexity index is 638. The van der Waals surface area contributed by atoms with Crippen LogP contribution >= 0.6 is 0 Å². The number of carbonyl (C=O) groups is 2. The predicted molar refractivity (Wildman–Crippen MR) is 93.1 cm³/mol. The molecule has 1 saturated carbocycles. The molecule has 0 bridgehead atoms. The maximum Gasteiger partial charge on any atom is 0.289 e. The molecule has 3 N–H and O–H groups in total. The van der Waals surface area contributed by atoms with E-state index in [9.17, 15) is 9.59 Å². The van der Waals surface area contributed by atoms with E-state index < -0.39 is 0 Å². The van der Waals surface area contributed by atoms with E-state index in [2.05, 4.69) is 15.2 Å². The highest BCUT2D eigenvalue weighted by Gasteiger charge is 2.31. The predicted octanol–water partition coefficient (Wildman–Crippen LogP) is 1.57. The number of oxazole rings is 1. The minimum Gasteiger partial charge on any atom is -0.435 e. The number of likely N-dealkylation sites (tertiary alicyclic amines) is 1. The molecule has 1 aromatic rings. The second-order valence-corrected chi connectivity index (χ2v) is 7.28. The quantitative estimate of drug-likeness (QED) is 0.779. The van der Waals surface area contributed by atoms with Crippen LogP contribution in [0.3, 0.4) is 0 Å². The Labute approximate surface area is 148 Å². The summed E-state index contributed by atoms with van der Waals surface area (Å²) in [6, 6.07) is -0.212. The van der Waals surface area contributed by atoms with Crippen molar-refractivity contribution in [1.82, 2.24) is 15.2 Å². The van der Waals surface area contributed by atoms with Gasteiger partial charge in [0.25, 0.3) is 5.91 Å². The zero-order valence-corrected chi connectivity index (χ0v) is 15.1. The average molecular weight is 348 g/mol. The van der Waals surface area contributed by atoms with Crippen LogP contribution in [-0.4, -0.2) is 47.4 Å². The molecule has 2 amide bonds. The molecule has 3 rings (SSSR count). The Kier molecular flexibility index (Phi) is 5.42. The van der Waals surface area contributed by atoms with Crippen LogP contribution in [0.1, 0.15) is 67.1 Å². The normalized spacial score (nSPS) is 22.6. The van der Waals surface area contributed by atoms with E-state index in [1.54, 1.807) is 0 Å². The molecule has 138 valence electrons. The van der Waals surface area contributed by atoms with Crippen LogP contribution in [0.25, 0.3) is 0 Å². The lowest BCUT2D eigenvalue weighted by Crippen LogP contribution is -2.50. The van der Waals surface area contributed by atoms with Crippen molar-refractivity contribution in [2.45, 2.75) is 57.9 Å². The highest BCUT2D eigenvalue weighted by molar-refractivity contribution is 5.92. The topological polar surface area (TPSA) is 101 Å². The molecule has 1 aromatic heterocycles. The summed E-state index contributed by atoms with van der Waals surface area (Å²) in [7, 11) is 0. The third-order valence-electron chi connectivity index (χ3n) is 5.20. The molecule has 0 spiro atoms. The Hall–Kier alpha value is -1.89. The zero-order valence-electron chi connectivity index (χ0n) is 15.1. The summed E-state index contributed by atoms with van der Waals surface area (Å²) in [6.45, 7) is 6.03. The van der Waals surface area contributed by atoms with Gasteiger partial charge in [-0.3, -0.25) is 14.5 Å². The SMILES string of the molecule is CCC(C(N)=O)N1CCCC(CNC(=O)c2oc(C3CC3)nc2C)C1. The van der Waals surface area contributed by atoms with Crippen LogP contribution in [0, 0.1) is 12.8 Å². The molecule has 2 atom stereocenters. The molecule has 2 fully saturated rings. The summed E-state index contributed by atoms with van der Waals surface area (Å²) in [5.74, 6) is 1.27. The molecule has 7 nitrogen and oxygen atoms in total. The molecule has 0 radical (unpaired) electrons. The van der Waals surface area contributed by atoms with Crippen LogP contribution in [0.2, 0.25) is 0 Å². The van der Waals surface area contributed by atoms with E-state index >= 15 is 0 Å². The Morgan fingerprint density at radius 3 is 2.80 bits per heavy atom.